The van der Waals surface area contributed by atoms with Gasteiger partial charge in [0, 0.05) is 5.39 Å². The van der Waals surface area contributed by atoms with Crippen molar-refractivity contribution in [3.63, 3.8) is 0 Å². The standard InChI is InChI=1S/C13H13BrN2O3/c1-2-19-12(17)7-11-9-5-3-4-6-10(9)13(18)16(8-14)15-11/h3-6H,2,7-8H2,1H3. The second-order valence-corrected chi connectivity index (χ2v) is 4.40. The molecule has 1 aromatic carbocycles. The van der Waals surface area contributed by atoms with E-state index in [1.165, 1.54) is 4.68 Å². The molecule has 0 radical (unpaired) electrons. The zero-order chi connectivity index (χ0) is 13.8. The Hall–Kier alpha value is -1.69. The average molecular weight is 325 g/mol. The fourth-order valence-corrected chi connectivity index (χ4v) is 2.21. The fraction of sp³-hybridized carbons (Fsp3) is 0.308. The molecule has 0 fully saturated rings. The van der Waals surface area contributed by atoms with Crippen molar-refractivity contribution in [1.29, 1.82) is 0 Å². The lowest BCUT2D eigenvalue weighted by Crippen LogP contribution is -2.24. The zero-order valence-electron chi connectivity index (χ0n) is 10.4. The molecule has 2 aromatic rings. The topological polar surface area (TPSA) is 61.2 Å². The van der Waals surface area contributed by atoms with Gasteiger partial charge in [0.1, 0.15) is 0 Å². The first-order valence-corrected chi connectivity index (χ1v) is 6.99. The predicted molar refractivity (Wildman–Crippen MR) is 75.3 cm³/mol. The Balaban J connectivity index is 2.56. The maximum Gasteiger partial charge on any atom is 0.311 e. The molecule has 0 spiro atoms. The van der Waals surface area contributed by atoms with Gasteiger partial charge in [-0.05, 0) is 13.0 Å². The van der Waals surface area contributed by atoms with Gasteiger partial charge in [-0.1, -0.05) is 34.1 Å². The fourth-order valence-electron chi connectivity index (χ4n) is 1.87. The minimum Gasteiger partial charge on any atom is -0.466 e. The van der Waals surface area contributed by atoms with Crippen LogP contribution < -0.4 is 5.56 Å². The van der Waals surface area contributed by atoms with Gasteiger partial charge in [-0.25, -0.2) is 4.68 Å². The van der Waals surface area contributed by atoms with Crippen LogP contribution in [0.1, 0.15) is 12.6 Å². The first kappa shape index (κ1) is 13.7. The van der Waals surface area contributed by atoms with E-state index in [1.54, 1.807) is 25.1 Å². The molecule has 0 amide bonds. The van der Waals surface area contributed by atoms with Crippen LogP contribution in [0.4, 0.5) is 0 Å². The lowest BCUT2D eigenvalue weighted by molar-refractivity contribution is -0.142. The van der Waals surface area contributed by atoms with Crippen LogP contribution in [-0.4, -0.2) is 22.4 Å². The Labute approximate surface area is 118 Å². The van der Waals surface area contributed by atoms with Crippen LogP contribution >= 0.6 is 15.9 Å². The van der Waals surface area contributed by atoms with Crippen LogP contribution in [-0.2, 0) is 21.4 Å². The van der Waals surface area contributed by atoms with E-state index in [0.29, 0.717) is 23.1 Å². The highest BCUT2D eigenvalue weighted by Crippen LogP contribution is 2.14. The lowest BCUT2D eigenvalue weighted by Gasteiger charge is -2.08. The number of aromatic nitrogens is 2. The van der Waals surface area contributed by atoms with E-state index in [1.807, 2.05) is 6.07 Å². The number of halogens is 1. The van der Waals surface area contributed by atoms with Crippen molar-refractivity contribution in [1.82, 2.24) is 9.78 Å². The molecular formula is C13H13BrN2O3. The minimum atomic E-state index is -0.347. The highest BCUT2D eigenvalue weighted by molar-refractivity contribution is 9.08. The maximum absolute atomic E-state index is 12.1. The molecule has 5 nitrogen and oxygen atoms in total. The summed E-state index contributed by atoms with van der Waals surface area (Å²) in [7, 11) is 0. The van der Waals surface area contributed by atoms with Crippen LogP contribution in [0.2, 0.25) is 0 Å². The molecule has 0 atom stereocenters. The van der Waals surface area contributed by atoms with Gasteiger partial charge < -0.3 is 4.74 Å². The normalized spacial score (nSPS) is 10.6. The van der Waals surface area contributed by atoms with Crippen molar-refractivity contribution >= 4 is 32.7 Å². The molecule has 0 saturated heterocycles. The molecule has 0 aliphatic carbocycles. The van der Waals surface area contributed by atoms with Gasteiger partial charge in [-0.2, -0.15) is 5.10 Å². The molecule has 6 heteroatoms. The van der Waals surface area contributed by atoms with Gasteiger partial charge in [-0.15, -0.1) is 0 Å². The summed E-state index contributed by atoms with van der Waals surface area (Å²) < 4.78 is 6.21. The maximum atomic E-state index is 12.1. The van der Waals surface area contributed by atoms with Gasteiger partial charge in [-0.3, -0.25) is 9.59 Å². The van der Waals surface area contributed by atoms with Crippen molar-refractivity contribution < 1.29 is 9.53 Å². The van der Waals surface area contributed by atoms with Crippen LogP contribution in [0.3, 0.4) is 0 Å². The quantitative estimate of drug-likeness (QED) is 0.636. The van der Waals surface area contributed by atoms with Crippen molar-refractivity contribution in [2.24, 2.45) is 0 Å². The summed E-state index contributed by atoms with van der Waals surface area (Å²) in [5, 5.41) is 5.44. The Kier molecular flexibility index (Phi) is 4.31. The van der Waals surface area contributed by atoms with Crippen molar-refractivity contribution in [3.8, 4) is 0 Å². The van der Waals surface area contributed by atoms with E-state index in [-0.39, 0.29) is 23.4 Å². The highest BCUT2D eigenvalue weighted by atomic mass is 79.9. The van der Waals surface area contributed by atoms with Crippen LogP contribution in [0.25, 0.3) is 10.8 Å². The number of ether oxygens (including phenoxy) is 1. The molecule has 100 valence electrons. The number of rotatable bonds is 4. The number of fused-ring (bicyclic) bond motifs is 1. The molecule has 2 rings (SSSR count). The monoisotopic (exact) mass is 324 g/mol. The van der Waals surface area contributed by atoms with Crippen molar-refractivity contribution in [2.45, 2.75) is 18.8 Å². The first-order valence-electron chi connectivity index (χ1n) is 5.87. The third-order valence-corrected chi connectivity index (χ3v) is 3.15. The molecule has 0 N–H and O–H groups in total. The number of carbonyl (C=O) groups excluding carboxylic acids is 1. The van der Waals surface area contributed by atoms with E-state index in [4.69, 9.17) is 4.74 Å². The molecule has 0 saturated carbocycles. The number of alkyl halides is 1. The summed E-state index contributed by atoms with van der Waals surface area (Å²) in [5.74, 6) is -0.347. The molecule has 19 heavy (non-hydrogen) atoms. The van der Waals surface area contributed by atoms with Crippen LogP contribution in [0.5, 0.6) is 0 Å². The predicted octanol–water partition coefficient (Wildman–Crippen LogP) is 1.85. The Bertz CT molecular complexity index is 666. The summed E-state index contributed by atoms with van der Waals surface area (Å²) in [6.07, 6.45) is 0.0572. The van der Waals surface area contributed by atoms with E-state index < -0.39 is 0 Å². The molecule has 1 aromatic heterocycles. The van der Waals surface area contributed by atoms with E-state index in [0.717, 1.165) is 0 Å². The zero-order valence-corrected chi connectivity index (χ0v) is 12.0. The van der Waals surface area contributed by atoms with E-state index in [2.05, 4.69) is 21.0 Å². The average Bonchev–Trinajstić information content (AvgIpc) is 2.42. The van der Waals surface area contributed by atoms with Crippen molar-refractivity contribution in [2.75, 3.05) is 6.61 Å². The van der Waals surface area contributed by atoms with Crippen LogP contribution in [0.15, 0.2) is 29.1 Å². The first-order chi connectivity index (χ1) is 9.17. The van der Waals surface area contributed by atoms with E-state index in [9.17, 15) is 9.59 Å². The third kappa shape index (κ3) is 2.84. The van der Waals surface area contributed by atoms with Crippen LogP contribution in [0, 0.1) is 0 Å². The smallest absolute Gasteiger partial charge is 0.311 e. The molecule has 0 aliphatic heterocycles. The molecular weight excluding hydrogens is 312 g/mol. The minimum absolute atomic E-state index is 0.0572. The van der Waals surface area contributed by atoms with Gasteiger partial charge >= 0.3 is 5.97 Å². The second kappa shape index (κ2) is 5.97. The summed E-state index contributed by atoms with van der Waals surface area (Å²) in [4.78, 5) is 23.7. The lowest BCUT2D eigenvalue weighted by atomic mass is 10.1. The summed E-state index contributed by atoms with van der Waals surface area (Å²) in [6.45, 7) is 2.08. The van der Waals surface area contributed by atoms with Gasteiger partial charge in [0.25, 0.3) is 5.56 Å². The molecule has 0 aliphatic rings. The molecule has 0 unspecified atom stereocenters. The SMILES string of the molecule is CCOC(=O)Cc1nn(CBr)c(=O)c2ccccc12. The Morgan fingerprint density at radius 1 is 1.37 bits per heavy atom. The molecule has 0 bridgehead atoms. The van der Waals surface area contributed by atoms with Crippen molar-refractivity contribution in [3.05, 3.63) is 40.3 Å². The summed E-state index contributed by atoms with van der Waals surface area (Å²) >= 11 is 3.21. The third-order valence-electron chi connectivity index (χ3n) is 2.67. The number of esters is 1. The second-order valence-electron chi connectivity index (χ2n) is 3.90. The number of hydrogen-bond acceptors (Lipinski definition) is 4. The van der Waals surface area contributed by atoms with Gasteiger partial charge in [0.05, 0.1) is 29.6 Å². The Morgan fingerprint density at radius 2 is 2.05 bits per heavy atom. The van der Waals surface area contributed by atoms with Gasteiger partial charge in [0.2, 0.25) is 0 Å². The summed E-state index contributed by atoms with van der Waals surface area (Å²) in [6, 6.07) is 7.12. The number of carbonyl (C=O) groups is 1. The summed E-state index contributed by atoms with van der Waals surface area (Å²) in [5.41, 5.74) is 0.653. The Morgan fingerprint density at radius 3 is 2.68 bits per heavy atom. The molecule has 1 heterocycles. The number of hydrogen-bond donors (Lipinski definition) is 0. The highest BCUT2D eigenvalue weighted by Gasteiger charge is 2.13. The van der Waals surface area contributed by atoms with E-state index >= 15 is 0 Å². The number of nitrogens with zero attached hydrogens (tertiary/aromatic N) is 2. The van der Waals surface area contributed by atoms with Gasteiger partial charge in [0.15, 0.2) is 0 Å². The number of benzene rings is 1. The largest absolute Gasteiger partial charge is 0.466 e.